The van der Waals surface area contributed by atoms with E-state index in [1.54, 1.807) is 0 Å². The number of anilines is 2. The number of hydrogen-bond donors (Lipinski definition) is 0. The Balaban J connectivity index is 1.62. The molecule has 0 fully saturated rings. The maximum atomic E-state index is 6.04. The van der Waals surface area contributed by atoms with Crippen LogP contribution in [0, 0.1) is 0 Å². The van der Waals surface area contributed by atoms with Crippen molar-refractivity contribution < 1.29 is 4.74 Å². The first-order valence-electron chi connectivity index (χ1n) is 8.19. The predicted octanol–water partition coefficient (Wildman–Crippen LogP) is 6.03. The summed E-state index contributed by atoms with van der Waals surface area (Å²) in [4.78, 5) is 2.32. The third kappa shape index (κ3) is 2.67. The van der Waals surface area contributed by atoms with Crippen LogP contribution in [-0.2, 0) is 0 Å². The van der Waals surface area contributed by atoms with Gasteiger partial charge in [-0.25, -0.2) is 0 Å². The molecule has 24 heavy (non-hydrogen) atoms. The Morgan fingerprint density at radius 2 is 1.29 bits per heavy atom. The summed E-state index contributed by atoms with van der Waals surface area (Å²) < 4.78 is 6.04. The summed E-state index contributed by atoms with van der Waals surface area (Å²) >= 11 is 0. The molecule has 3 aromatic rings. The average Bonchev–Trinajstić information content (AvgIpc) is 2.65. The molecule has 1 aliphatic heterocycles. The lowest BCUT2D eigenvalue weighted by Crippen LogP contribution is -2.22. The second kappa shape index (κ2) is 6.25. The van der Waals surface area contributed by atoms with Gasteiger partial charge in [-0.05, 0) is 41.8 Å². The van der Waals surface area contributed by atoms with Gasteiger partial charge < -0.3 is 9.64 Å². The Morgan fingerprint density at radius 3 is 1.92 bits per heavy atom. The van der Waals surface area contributed by atoms with Gasteiger partial charge in [0.2, 0.25) is 0 Å². The van der Waals surface area contributed by atoms with E-state index in [0.717, 1.165) is 41.4 Å². The van der Waals surface area contributed by atoms with E-state index in [2.05, 4.69) is 60.0 Å². The molecule has 0 atom stereocenters. The largest absolute Gasteiger partial charge is 0.453 e. The van der Waals surface area contributed by atoms with Crippen LogP contribution >= 0.6 is 0 Å². The topological polar surface area (TPSA) is 12.5 Å². The molecule has 0 amide bonds. The van der Waals surface area contributed by atoms with Gasteiger partial charge in [-0.15, -0.1) is 0 Å². The zero-order chi connectivity index (χ0) is 16.4. The van der Waals surface area contributed by atoms with Crippen molar-refractivity contribution in [2.24, 2.45) is 0 Å². The van der Waals surface area contributed by atoms with Crippen LogP contribution in [0.1, 0.15) is 12.0 Å². The van der Waals surface area contributed by atoms with Gasteiger partial charge >= 0.3 is 0 Å². The van der Waals surface area contributed by atoms with Crippen LogP contribution in [0.15, 0.2) is 85.4 Å². The number of ether oxygens (including phenoxy) is 1. The molecule has 0 aliphatic carbocycles. The first-order valence-corrected chi connectivity index (χ1v) is 8.19. The van der Waals surface area contributed by atoms with Gasteiger partial charge in [0, 0.05) is 6.54 Å². The molecule has 4 rings (SSSR count). The third-order valence-corrected chi connectivity index (χ3v) is 4.35. The molecule has 0 N–H and O–H groups in total. The van der Waals surface area contributed by atoms with Crippen LogP contribution in [0.4, 0.5) is 11.4 Å². The van der Waals surface area contributed by atoms with Gasteiger partial charge in [-0.2, -0.15) is 0 Å². The van der Waals surface area contributed by atoms with Crippen molar-refractivity contribution in [1.29, 1.82) is 0 Å². The van der Waals surface area contributed by atoms with Crippen LogP contribution in [0.3, 0.4) is 0 Å². The first kappa shape index (κ1) is 14.6. The van der Waals surface area contributed by atoms with Gasteiger partial charge in [0.1, 0.15) is 0 Å². The van der Waals surface area contributed by atoms with Gasteiger partial charge in [0.15, 0.2) is 11.5 Å². The van der Waals surface area contributed by atoms with Gasteiger partial charge in [-0.1, -0.05) is 61.2 Å². The molecule has 1 aliphatic rings. The van der Waals surface area contributed by atoms with Crippen LogP contribution in [-0.4, -0.2) is 6.54 Å². The van der Waals surface area contributed by atoms with Crippen molar-refractivity contribution in [3.63, 3.8) is 0 Å². The van der Waals surface area contributed by atoms with E-state index >= 15 is 0 Å². The van der Waals surface area contributed by atoms with Crippen molar-refractivity contribution in [2.45, 2.75) is 6.42 Å². The minimum Gasteiger partial charge on any atom is -0.453 e. The summed E-state index contributed by atoms with van der Waals surface area (Å²) in [6, 6.07) is 26.7. The average molecular weight is 313 g/mol. The molecule has 1 heterocycles. The number of hydrogen-bond acceptors (Lipinski definition) is 2. The van der Waals surface area contributed by atoms with Crippen molar-refractivity contribution >= 4 is 16.9 Å². The fraction of sp³-hybridized carbons (Fsp3) is 0.0909. The lowest BCUT2D eigenvalue weighted by molar-refractivity contribution is 0.473. The highest BCUT2D eigenvalue weighted by Gasteiger charge is 2.23. The highest BCUT2D eigenvalue weighted by Crippen LogP contribution is 2.46. The van der Waals surface area contributed by atoms with Crippen molar-refractivity contribution in [3.05, 3.63) is 91.0 Å². The standard InChI is InChI=1S/C22H19NO/c1-17(18-9-3-2-4-10-18)15-16-23-19-11-5-7-13-21(19)24-22-14-8-6-12-20(22)23/h2-14H,1,15-16H2. The second-order valence-electron chi connectivity index (χ2n) is 5.91. The van der Waals surface area contributed by atoms with Gasteiger partial charge in [0.05, 0.1) is 11.4 Å². The van der Waals surface area contributed by atoms with E-state index in [4.69, 9.17) is 4.74 Å². The zero-order valence-corrected chi connectivity index (χ0v) is 13.5. The van der Waals surface area contributed by atoms with E-state index in [9.17, 15) is 0 Å². The second-order valence-corrected chi connectivity index (χ2v) is 5.91. The highest BCUT2D eigenvalue weighted by atomic mass is 16.5. The number of benzene rings is 3. The fourth-order valence-electron chi connectivity index (χ4n) is 3.09. The lowest BCUT2D eigenvalue weighted by atomic mass is 10.0. The highest BCUT2D eigenvalue weighted by molar-refractivity contribution is 5.78. The van der Waals surface area contributed by atoms with Crippen molar-refractivity contribution in [3.8, 4) is 11.5 Å². The maximum Gasteiger partial charge on any atom is 0.151 e. The molecular formula is C22H19NO. The molecule has 0 unspecified atom stereocenters. The molecule has 0 spiro atoms. The molecule has 0 saturated carbocycles. The van der Waals surface area contributed by atoms with Gasteiger partial charge in [-0.3, -0.25) is 0 Å². The Kier molecular flexibility index (Phi) is 3.80. The fourth-order valence-corrected chi connectivity index (χ4v) is 3.09. The summed E-state index contributed by atoms with van der Waals surface area (Å²) in [6.45, 7) is 5.13. The van der Waals surface area contributed by atoms with Crippen LogP contribution in [0.5, 0.6) is 11.5 Å². The van der Waals surface area contributed by atoms with E-state index in [0.29, 0.717) is 0 Å². The summed E-state index contributed by atoms with van der Waals surface area (Å²) in [5.74, 6) is 1.81. The molecule has 118 valence electrons. The molecule has 2 heteroatoms. The summed E-state index contributed by atoms with van der Waals surface area (Å²) in [5, 5.41) is 0. The van der Waals surface area contributed by atoms with Crippen LogP contribution < -0.4 is 9.64 Å². The molecule has 0 saturated heterocycles. The molecule has 0 aromatic heterocycles. The van der Waals surface area contributed by atoms with Crippen LogP contribution in [0.25, 0.3) is 5.57 Å². The SMILES string of the molecule is C=C(CCN1c2ccccc2Oc2ccccc21)c1ccccc1. The quantitative estimate of drug-likeness (QED) is 0.582. The van der Waals surface area contributed by atoms with E-state index in [-0.39, 0.29) is 0 Å². The first-order chi connectivity index (χ1) is 11.8. The van der Waals surface area contributed by atoms with E-state index in [1.165, 1.54) is 5.56 Å². The summed E-state index contributed by atoms with van der Waals surface area (Å²) in [6.07, 6.45) is 0.896. The Morgan fingerprint density at radius 1 is 0.750 bits per heavy atom. The number of fused-ring (bicyclic) bond motifs is 2. The molecule has 0 bridgehead atoms. The third-order valence-electron chi connectivity index (χ3n) is 4.35. The van der Waals surface area contributed by atoms with Gasteiger partial charge in [0.25, 0.3) is 0 Å². The maximum absolute atomic E-state index is 6.04. The monoisotopic (exact) mass is 313 g/mol. The van der Waals surface area contributed by atoms with Crippen molar-refractivity contribution in [2.75, 3.05) is 11.4 Å². The normalized spacial score (nSPS) is 12.1. The number of nitrogens with zero attached hydrogens (tertiary/aromatic N) is 1. The minimum atomic E-state index is 0.866. The zero-order valence-electron chi connectivity index (χ0n) is 13.5. The summed E-state index contributed by atoms with van der Waals surface area (Å²) in [7, 11) is 0. The minimum absolute atomic E-state index is 0.866. The smallest absolute Gasteiger partial charge is 0.151 e. The summed E-state index contributed by atoms with van der Waals surface area (Å²) in [5.41, 5.74) is 4.57. The number of para-hydroxylation sites is 4. The predicted molar refractivity (Wildman–Crippen MR) is 100 cm³/mol. The number of rotatable bonds is 4. The van der Waals surface area contributed by atoms with E-state index in [1.807, 2.05) is 30.3 Å². The van der Waals surface area contributed by atoms with Crippen molar-refractivity contribution in [1.82, 2.24) is 0 Å². The molecule has 0 radical (unpaired) electrons. The van der Waals surface area contributed by atoms with Crippen LogP contribution in [0.2, 0.25) is 0 Å². The van der Waals surface area contributed by atoms with E-state index < -0.39 is 0 Å². The molecule has 3 aromatic carbocycles. The Bertz CT molecular complexity index is 824. The molecule has 2 nitrogen and oxygen atoms in total. The molecular weight excluding hydrogens is 294 g/mol. The Labute approximate surface area is 142 Å². The lowest BCUT2D eigenvalue weighted by Gasteiger charge is -2.33. The Hall–Kier alpha value is -3.00.